The Balaban J connectivity index is 0.000000120. The van der Waals surface area contributed by atoms with Gasteiger partial charge in [-0.05, 0) is 134 Å². The summed E-state index contributed by atoms with van der Waals surface area (Å²) in [6, 6.07) is 18.2. The van der Waals surface area contributed by atoms with E-state index in [1.165, 1.54) is 49.4 Å². The second-order valence-electron chi connectivity index (χ2n) is 13.3. The number of hydrogen-bond donors (Lipinski definition) is 0. The molecule has 0 N–H and O–H groups in total. The topological polar surface area (TPSA) is 0 Å². The summed E-state index contributed by atoms with van der Waals surface area (Å²) in [7, 11) is 0. The Morgan fingerprint density at radius 3 is 1.49 bits per heavy atom. The molecule has 0 aromatic heterocycles. The molecule has 0 radical (unpaired) electrons. The Morgan fingerprint density at radius 1 is 0.400 bits per heavy atom. The molecular weight excluding hydrogens is 420 g/mol. The van der Waals surface area contributed by atoms with Crippen LogP contribution in [-0.2, 0) is 12.8 Å². The standard InChI is InChI=1S/C18H18.C17H28/c1-3-7-17-13(5-1)11-15-9-10-16(17)12-14-6-2-4-8-18(14)15;1-2-6-14-12(4-1)8-10-17-15-7-3-5-13(15)9-11-16(14)17/h1-8,15-16H,9-12H2;12-17H,1-11H2. The van der Waals surface area contributed by atoms with Crippen molar-refractivity contribution in [2.24, 2.45) is 35.5 Å². The zero-order chi connectivity index (χ0) is 23.2. The van der Waals surface area contributed by atoms with Crippen LogP contribution in [0.3, 0.4) is 0 Å². The van der Waals surface area contributed by atoms with E-state index in [1.807, 2.05) is 0 Å². The highest BCUT2D eigenvalue weighted by Crippen LogP contribution is 2.57. The summed E-state index contributed by atoms with van der Waals surface area (Å²) >= 11 is 0. The molecule has 8 unspecified atom stereocenters. The Labute approximate surface area is 214 Å². The van der Waals surface area contributed by atoms with Crippen molar-refractivity contribution in [3.05, 3.63) is 70.8 Å². The van der Waals surface area contributed by atoms with Crippen molar-refractivity contribution in [2.75, 3.05) is 0 Å². The second kappa shape index (κ2) is 9.72. The third-order valence-corrected chi connectivity index (χ3v) is 11.9. The van der Waals surface area contributed by atoms with Gasteiger partial charge in [0.25, 0.3) is 0 Å². The van der Waals surface area contributed by atoms with Gasteiger partial charge in [0.1, 0.15) is 0 Å². The highest BCUT2D eigenvalue weighted by molar-refractivity contribution is 5.41. The SMILES string of the molecule is C1CCC2C(C1)CCC1C3CCCC3CCC21.c1ccc2c(c1)CC1CCC2Cc2ccccc21. The van der Waals surface area contributed by atoms with E-state index >= 15 is 0 Å². The average molecular weight is 467 g/mol. The molecule has 186 valence electrons. The molecule has 0 saturated heterocycles. The van der Waals surface area contributed by atoms with Gasteiger partial charge >= 0.3 is 0 Å². The number of rotatable bonds is 0. The zero-order valence-electron chi connectivity index (χ0n) is 21.8. The first-order valence-electron chi connectivity index (χ1n) is 15.5. The predicted molar refractivity (Wildman–Crippen MR) is 147 cm³/mol. The van der Waals surface area contributed by atoms with Crippen molar-refractivity contribution >= 4 is 0 Å². The molecule has 0 heterocycles. The first kappa shape index (κ1) is 22.6. The summed E-state index contributed by atoms with van der Waals surface area (Å²) in [6.07, 6.45) is 22.7. The van der Waals surface area contributed by atoms with Crippen molar-refractivity contribution in [2.45, 2.75) is 108 Å². The number of fused-ring (bicyclic) bond motifs is 12. The van der Waals surface area contributed by atoms with E-state index in [0.29, 0.717) is 0 Å². The van der Waals surface area contributed by atoms with E-state index in [2.05, 4.69) is 48.5 Å². The van der Waals surface area contributed by atoms with Crippen LogP contribution < -0.4 is 0 Å². The smallest absolute Gasteiger partial charge is 0.0118 e. The van der Waals surface area contributed by atoms with Gasteiger partial charge in [-0.25, -0.2) is 0 Å². The van der Waals surface area contributed by atoms with E-state index in [-0.39, 0.29) is 0 Å². The molecule has 35 heavy (non-hydrogen) atoms. The van der Waals surface area contributed by atoms with Gasteiger partial charge in [-0.15, -0.1) is 0 Å². The van der Waals surface area contributed by atoms with Crippen LogP contribution in [0.15, 0.2) is 48.5 Å². The Morgan fingerprint density at radius 2 is 0.886 bits per heavy atom. The average Bonchev–Trinajstić information content (AvgIpc) is 3.23. The van der Waals surface area contributed by atoms with Crippen molar-refractivity contribution in [3.8, 4) is 0 Å². The molecule has 0 amide bonds. The summed E-state index contributed by atoms with van der Waals surface area (Å²) in [5.41, 5.74) is 6.43. The third kappa shape index (κ3) is 4.22. The van der Waals surface area contributed by atoms with Gasteiger partial charge in [-0.1, -0.05) is 80.6 Å². The molecule has 2 aromatic rings. The molecule has 4 saturated carbocycles. The van der Waals surface area contributed by atoms with Crippen LogP contribution in [0.1, 0.15) is 118 Å². The van der Waals surface area contributed by atoms with Gasteiger partial charge in [0.15, 0.2) is 0 Å². The zero-order valence-corrected chi connectivity index (χ0v) is 21.8. The first-order valence-corrected chi connectivity index (χ1v) is 15.5. The molecule has 0 spiro atoms. The second-order valence-corrected chi connectivity index (χ2v) is 13.3. The van der Waals surface area contributed by atoms with Gasteiger partial charge < -0.3 is 0 Å². The molecule has 6 aliphatic rings. The summed E-state index contributed by atoms with van der Waals surface area (Å²) in [6.45, 7) is 0. The quantitative estimate of drug-likeness (QED) is 0.362. The molecule has 0 heteroatoms. The summed E-state index contributed by atoms with van der Waals surface area (Å²) in [5, 5.41) is 0. The van der Waals surface area contributed by atoms with Crippen LogP contribution in [0.25, 0.3) is 0 Å². The highest BCUT2D eigenvalue weighted by atomic mass is 14.5. The lowest BCUT2D eigenvalue weighted by atomic mass is 9.54. The van der Waals surface area contributed by atoms with E-state index in [4.69, 9.17) is 0 Å². The lowest BCUT2D eigenvalue weighted by Crippen LogP contribution is -2.43. The maximum absolute atomic E-state index is 2.36. The largest absolute Gasteiger partial charge is 0.0620 e. The predicted octanol–water partition coefficient (Wildman–Crippen LogP) is 9.48. The fraction of sp³-hybridized carbons (Fsp3) is 0.657. The lowest BCUT2D eigenvalue weighted by Gasteiger charge is -2.51. The van der Waals surface area contributed by atoms with Crippen LogP contribution in [0.2, 0.25) is 0 Å². The van der Waals surface area contributed by atoms with E-state index in [0.717, 1.165) is 23.7 Å². The minimum Gasteiger partial charge on any atom is -0.0620 e. The Hall–Kier alpha value is -1.56. The Bertz CT molecular complexity index is 965. The van der Waals surface area contributed by atoms with Gasteiger partial charge in [-0.3, -0.25) is 0 Å². The maximum Gasteiger partial charge on any atom is -0.0118 e. The summed E-state index contributed by atoms with van der Waals surface area (Å²) in [5.74, 6) is 8.51. The summed E-state index contributed by atoms with van der Waals surface area (Å²) < 4.78 is 0. The van der Waals surface area contributed by atoms with Gasteiger partial charge in [0.05, 0.1) is 0 Å². The molecule has 4 fully saturated rings. The van der Waals surface area contributed by atoms with Gasteiger partial charge in [0, 0.05) is 0 Å². The van der Waals surface area contributed by atoms with Crippen LogP contribution in [0.4, 0.5) is 0 Å². The fourth-order valence-electron chi connectivity index (χ4n) is 10.4. The molecule has 2 aromatic carbocycles. The third-order valence-electron chi connectivity index (χ3n) is 11.9. The molecular formula is C35H46. The van der Waals surface area contributed by atoms with Crippen molar-refractivity contribution in [3.63, 3.8) is 0 Å². The molecule has 6 aliphatic carbocycles. The number of benzene rings is 2. The number of hydrogen-bond acceptors (Lipinski definition) is 0. The summed E-state index contributed by atoms with van der Waals surface area (Å²) in [4.78, 5) is 0. The monoisotopic (exact) mass is 466 g/mol. The van der Waals surface area contributed by atoms with Crippen molar-refractivity contribution in [1.29, 1.82) is 0 Å². The van der Waals surface area contributed by atoms with Crippen LogP contribution in [-0.4, -0.2) is 0 Å². The van der Waals surface area contributed by atoms with E-state index < -0.39 is 0 Å². The lowest BCUT2D eigenvalue weighted by molar-refractivity contribution is -0.0184. The van der Waals surface area contributed by atoms with Gasteiger partial charge in [-0.2, -0.15) is 0 Å². The van der Waals surface area contributed by atoms with Crippen molar-refractivity contribution in [1.82, 2.24) is 0 Å². The van der Waals surface area contributed by atoms with Crippen molar-refractivity contribution < 1.29 is 0 Å². The Kier molecular flexibility index (Phi) is 6.28. The maximum atomic E-state index is 2.36. The van der Waals surface area contributed by atoms with Crippen LogP contribution in [0, 0.1) is 35.5 Å². The molecule has 0 aliphatic heterocycles. The fourth-order valence-corrected chi connectivity index (χ4v) is 10.4. The minimum atomic E-state index is 0.745. The van der Waals surface area contributed by atoms with Crippen LogP contribution in [0.5, 0.6) is 0 Å². The molecule has 0 nitrogen and oxygen atoms in total. The normalized spacial score (nSPS) is 38.9. The van der Waals surface area contributed by atoms with E-state index in [9.17, 15) is 0 Å². The first-order chi connectivity index (χ1) is 17.3. The van der Waals surface area contributed by atoms with Gasteiger partial charge in [0.2, 0.25) is 0 Å². The molecule has 2 bridgehead atoms. The molecule has 8 atom stereocenters. The molecule has 8 rings (SSSR count). The highest BCUT2D eigenvalue weighted by Gasteiger charge is 2.48. The van der Waals surface area contributed by atoms with Crippen LogP contribution >= 0.6 is 0 Å². The minimum absolute atomic E-state index is 0.745. The van der Waals surface area contributed by atoms with E-state index in [1.54, 1.807) is 92.9 Å².